The maximum atomic E-state index is 8.27. The molecule has 4 heterocycles. The molecule has 2 aromatic heterocycles. The molecule has 5 heteroatoms. The van der Waals surface area contributed by atoms with Gasteiger partial charge in [0.25, 0.3) is 0 Å². The lowest BCUT2D eigenvalue weighted by atomic mass is 9.82. The van der Waals surface area contributed by atoms with E-state index in [4.69, 9.17) is 13.8 Å². The smallest absolute Gasteiger partial charge is 0.138 e. The third-order valence-corrected chi connectivity index (χ3v) is 12.8. The van der Waals surface area contributed by atoms with Crippen molar-refractivity contribution in [3.8, 4) is 62.0 Å². The number of rotatable bonds is 1. The topological polar surface area (TPSA) is 33.5 Å². The van der Waals surface area contributed by atoms with Gasteiger partial charge in [-0.3, -0.25) is 4.57 Å². The lowest BCUT2D eigenvalue weighted by Crippen LogP contribution is -2.25. The van der Waals surface area contributed by atoms with Gasteiger partial charge in [-0.2, -0.15) is 0 Å². The molecular formula is C59H46N4O. The molecule has 5 nitrogen and oxygen atoms in total. The summed E-state index contributed by atoms with van der Waals surface area (Å²) in [7, 11) is 0. The van der Waals surface area contributed by atoms with E-state index in [1.165, 1.54) is 5.56 Å². The number of aromatic nitrogens is 2. The van der Waals surface area contributed by atoms with E-state index in [1.54, 1.807) is 12.1 Å². The van der Waals surface area contributed by atoms with Crippen LogP contribution in [-0.4, -0.2) is 16.2 Å². The van der Waals surface area contributed by atoms with Gasteiger partial charge < -0.3 is 14.5 Å². The van der Waals surface area contributed by atoms with Crippen LogP contribution in [0.25, 0.3) is 72.3 Å². The van der Waals surface area contributed by atoms with Gasteiger partial charge in [0.15, 0.2) is 0 Å². The number of hydrogen-bond acceptors (Lipinski definition) is 4. The molecule has 2 aliphatic heterocycles. The minimum atomic E-state index is -2.26. The first kappa shape index (κ1) is 34.7. The average Bonchev–Trinajstić information content (AvgIpc) is 3.89. The Morgan fingerprint density at radius 1 is 0.516 bits per heavy atom. The molecule has 2 aliphatic rings. The SMILES string of the molecule is [2H]C([2H])([2H])c1ccc2c(c1)c1ccc3cc1n2-c1cccc(n1)-c1cc(cc(C(C)(C)C)c1)-c1ccccc1-c1cccc(-c2ccccc2)c1N1CN(c2cccc(c2)O3)c2ccccc21. The summed E-state index contributed by atoms with van der Waals surface area (Å²) >= 11 is 0. The van der Waals surface area contributed by atoms with Crippen LogP contribution in [-0.2, 0) is 5.41 Å². The van der Waals surface area contributed by atoms with Crippen molar-refractivity contribution >= 4 is 44.6 Å². The summed E-state index contributed by atoms with van der Waals surface area (Å²) in [6.45, 7) is 5.09. The van der Waals surface area contributed by atoms with Crippen LogP contribution >= 0.6 is 0 Å². The van der Waals surface area contributed by atoms with Crippen LogP contribution in [0.2, 0.25) is 0 Å². The molecule has 0 saturated heterocycles. The van der Waals surface area contributed by atoms with E-state index in [-0.39, 0.29) is 5.41 Å². The molecule has 12 rings (SSSR count). The van der Waals surface area contributed by atoms with E-state index in [9.17, 15) is 0 Å². The normalized spacial score (nSPS) is 13.9. The highest BCUT2D eigenvalue weighted by molar-refractivity contribution is 6.10. The molecule has 10 aromatic rings. The minimum absolute atomic E-state index is 0.176. The predicted octanol–water partition coefficient (Wildman–Crippen LogP) is 15.8. The summed E-state index contributed by atoms with van der Waals surface area (Å²) in [6.07, 6.45) is 0. The highest BCUT2D eigenvalue weighted by Crippen LogP contribution is 2.52. The van der Waals surface area contributed by atoms with Crippen molar-refractivity contribution in [2.75, 3.05) is 16.5 Å². The quantitative estimate of drug-likeness (QED) is 0.165. The molecule has 0 spiro atoms. The van der Waals surface area contributed by atoms with Crippen molar-refractivity contribution in [1.29, 1.82) is 0 Å². The molecule has 0 saturated carbocycles. The van der Waals surface area contributed by atoms with E-state index >= 15 is 0 Å². The van der Waals surface area contributed by atoms with Crippen LogP contribution in [0.3, 0.4) is 0 Å². The third-order valence-electron chi connectivity index (χ3n) is 12.8. The van der Waals surface area contributed by atoms with Crippen molar-refractivity contribution in [2.24, 2.45) is 0 Å². The summed E-state index contributed by atoms with van der Waals surface area (Å²) in [5, 5.41) is 1.74. The maximum Gasteiger partial charge on any atom is 0.138 e. The molecule has 0 aliphatic carbocycles. The van der Waals surface area contributed by atoms with Gasteiger partial charge >= 0.3 is 0 Å². The fraction of sp³-hybridized carbons (Fsp3) is 0.102. The van der Waals surface area contributed by atoms with Crippen LogP contribution in [0.5, 0.6) is 11.5 Å². The molecule has 308 valence electrons. The highest BCUT2D eigenvalue weighted by Gasteiger charge is 2.32. The summed E-state index contributed by atoms with van der Waals surface area (Å²) in [6, 6.07) is 67.7. The van der Waals surface area contributed by atoms with Crippen molar-refractivity contribution in [3.05, 3.63) is 205 Å². The van der Waals surface area contributed by atoms with Crippen LogP contribution in [0.4, 0.5) is 22.7 Å². The molecule has 0 amide bonds. The lowest BCUT2D eigenvalue weighted by molar-refractivity contribution is 0.483. The molecule has 64 heavy (non-hydrogen) atoms. The van der Waals surface area contributed by atoms with Gasteiger partial charge in [0, 0.05) is 49.4 Å². The Morgan fingerprint density at radius 2 is 1.23 bits per heavy atom. The largest absolute Gasteiger partial charge is 0.457 e. The summed E-state index contributed by atoms with van der Waals surface area (Å²) in [4.78, 5) is 10.3. The number of para-hydroxylation sites is 3. The van der Waals surface area contributed by atoms with Gasteiger partial charge in [-0.1, -0.05) is 136 Å². The number of benzene rings is 8. The number of hydrogen-bond donors (Lipinski definition) is 0. The Hall–Kier alpha value is -7.89. The first-order valence-corrected chi connectivity index (χ1v) is 21.9. The van der Waals surface area contributed by atoms with Gasteiger partial charge in [-0.25, -0.2) is 4.98 Å². The number of anilines is 4. The first-order chi connectivity index (χ1) is 32.5. The van der Waals surface area contributed by atoms with E-state index < -0.39 is 6.85 Å². The average molecular weight is 830 g/mol. The molecule has 0 radical (unpaired) electrons. The Morgan fingerprint density at radius 3 is 2.08 bits per heavy atom. The Labute approximate surface area is 378 Å². The van der Waals surface area contributed by atoms with Crippen molar-refractivity contribution in [1.82, 2.24) is 9.55 Å². The third kappa shape index (κ3) is 6.26. The predicted molar refractivity (Wildman–Crippen MR) is 266 cm³/mol. The molecule has 0 fully saturated rings. The van der Waals surface area contributed by atoms with Gasteiger partial charge in [0.2, 0.25) is 0 Å². The number of fused-ring (bicyclic) bond motifs is 23. The Bertz CT molecular complexity index is 3590. The van der Waals surface area contributed by atoms with Crippen molar-refractivity contribution in [2.45, 2.75) is 33.0 Å². The summed E-state index contributed by atoms with van der Waals surface area (Å²) < 4.78 is 33.7. The molecule has 0 N–H and O–H groups in total. The number of nitrogens with zero attached hydrogens (tertiary/aromatic N) is 4. The van der Waals surface area contributed by atoms with Crippen LogP contribution in [0.1, 0.15) is 36.0 Å². The van der Waals surface area contributed by atoms with E-state index in [2.05, 4.69) is 175 Å². The molecule has 0 atom stereocenters. The molecular weight excluding hydrogens is 781 g/mol. The first-order valence-electron chi connectivity index (χ1n) is 23.4. The number of ether oxygens (including phenoxy) is 1. The van der Waals surface area contributed by atoms with Crippen LogP contribution in [0.15, 0.2) is 194 Å². The van der Waals surface area contributed by atoms with Gasteiger partial charge in [0.05, 0.1) is 33.8 Å². The van der Waals surface area contributed by atoms with Crippen LogP contribution < -0.4 is 14.5 Å². The van der Waals surface area contributed by atoms with E-state index in [1.807, 2.05) is 42.5 Å². The molecule has 10 bridgehead atoms. The number of pyridine rings is 1. The van der Waals surface area contributed by atoms with Gasteiger partial charge in [-0.15, -0.1) is 0 Å². The van der Waals surface area contributed by atoms with Crippen LogP contribution in [0, 0.1) is 6.85 Å². The monoisotopic (exact) mass is 829 g/mol. The standard InChI is InChI=1S/C59H46N4O/c1-38-27-30-53-51(31-38)49-29-28-45-36-56(49)63(53)57-26-14-23-52(60-57)41-32-40(33-42(34-41)59(2,3)4)46-19-8-9-20-48(46)50-22-13-21-47(39-15-6-5-7-16-39)58(50)62-37-61(54-24-10-11-25-55(54)62)43-17-12-18-44(35-43)64-45/h5-36H,37H2,1-4H3/i1D3. The Balaban J connectivity index is 1.16. The second kappa shape index (κ2) is 14.6. The Kier molecular flexibility index (Phi) is 7.91. The molecule has 8 aromatic carbocycles. The summed E-state index contributed by atoms with van der Waals surface area (Å²) in [5.74, 6) is 2.06. The fourth-order valence-electron chi connectivity index (χ4n) is 9.73. The van der Waals surface area contributed by atoms with E-state index in [0.717, 1.165) is 89.2 Å². The zero-order chi connectivity index (χ0) is 45.6. The van der Waals surface area contributed by atoms with Crippen molar-refractivity contribution < 1.29 is 8.85 Å². The summed E-state index contributed by atoms with van der Waals surface area (Å²) in [5.41, 5.74) is 16.0. The minimum Gasteiger partial charge on any atom is -0.457 e. The lowest BCUT2D eigenvalue weighted by Gasteiger charge is -2.28. The fourth-order valence-corrected chi connectivity index (χ4v) is 9.73. The zero-order valence-corrected chi connectivity index (χ0v) is 35.9. The van der Waals surface area contributed by atoms with Gasteiger partial charge in [-0.05, 0) is 113 Å². The van der Waals surface area contributed by atoms with Crippen molar-refractivity contribution in [3.63, 3.8) is 0 Å². The highest BCUT2D eigenvalue weighted by atomic mass is 16.5. The zero-order valence-electron chi connectivity index (χ0n) is 38.9. The maximum absolute atomic E-state index is 8.27. The van der Waals surface area contributed by atoms with Gasteiger partial charge in [0.1, 0.15) is 24.0 Å². The second-order valence-electron chi connectivity index (χ2n) is 17.9. The van der Waals surface area contributed by atoms with E-state index in [0.29, 0.717) is 29.5 Å². The molecule has 0 unspecified atom stereocenters. The second-order valence-corrected chi connectivity index (χ2v) is 17.9. The number of aryl methyl sites for hydroxylation is 1.